The van der Waals surface area contributed by atoms with Gasteiger partial charge >= 0.3 is 6.55 Å². The Morgan fingerprint density at radius 2 is 2.17 bits per heavy atom. The van der Waals surface area contributed by atoms with Gasteiger partial charge in [-0.1, -0.05) is 0 Å². The zero-order chi connectivity index (χ0) is 13.1. The number of rotatable bonds is 5. The molecule has 0 saturated carbocycles. The Labute approximate surface area is 104 Å². The molecule has 0 bridgehead atoms. The smallest absolute Gasteiger partial charge is 0.319 e. The maximum atomic E-state index is 12.7. The number of alkyl halides is 2. The average molecular weight is 254 g/mol. The van der Waals surface area contributed by atoms with Crippen LogP contribution in [-0.2, 0) is 6.54 Å². The van der Waals surface area contributed by atoms with Gasteiger partial charge in [0.05, 0.1) is 6.54 Å². The van der Waals surface area contributed by atoms with Crippen molar-refractivity contribution in [2.24, 2.45) is 0 Å². The highest BCUT2D eigenvalue weighted by atomic mass is 19.3. The van der Waals surface area contributed by atoms with Gasteiger partial charge in [0, 0.05) is 30.3 Å². The van der Waals surface area contributed by atoms with E-state index < -0.39 is 6.55 Å². The summed E-state index contributed by atoms with van der Waals surface area (Å²) in [5.41, 5.74) is 1.04. The van der Waals surface area contributed by atoms with Crippen molar-refractivity contribution >= 4 is 0 Å². The van der Waals surface area contributed by atoms with Gasteiger partial charge in [0.1, 0.15) is 5.82 Å². The molecular formula is C12H16F2N4. The lowest BCUT2D eigenvalue weighted by atomic mass is 10.2. The summed E-state index contributed by atoms with van der Waals surface area (Å²) in [6.45, 7) is -0.194. The molecule has 1 unspecified atom stereocenters. The molecule has 0 amide bonds. The molecule has 2 rings (SSSR count). The van der Waals surface area contributed by atoms with Gasteiger partial charge in [-0.25, -0.2) is 4.98 Å². The van der Waals surface area contributed by atoms with E-state index in [1.807, 2.05) is 36.9 Å². The fourth-order valence-electron chi connectivity index (χ4n) is 1.91. The lowest BCUT2D eigenvalue weighted by Gasteiger charge is -2.15. The topological polar surface area (TPSA) is 34.8 Å². The third-order valence-electron chi connectivity index (χ3n) is 3.01. The molecule has 0 radical (unpaired) electrons. The molecule has 0 spiro atoms. The van der Waals surface area contributed by atoms with Crippen LogP contribution < -0.4 is 5.32 Å². The van der Waals surface area contributed by atoms with E-state index >= 15 is 0 Å². The quantitative estimate of drug-likeness (QED) is 0.889. The number of nitrogens with zero attached hydrogens (tertiary/aromatic N) is 3. The van der Waals surface area contributed by atoms with Crippen LogP contribution in [0, 0.1) is 0 Å². The molecule has 4 nitrogen and oxygen atoms in total. The standard InChI is InChI=1S/C12H16F2N4/c1-9(15-2)10-4-3-6-17(10)8-11-16-5-7-18(11)12(13)14/h3-7,9,12,15H,8H2,1-2H3. The summed E-state index contributed by atoms with van der Waals surface area (Å²) >= 11 is 0. The van der Waals surface area contributed by atoms with Crippen LogP contribution in [0.4, 0.5) is 8.78 Å². The van der Waals surface area contributed by atoms with Gasteiger partial charge in [-0.15, -0.1) is 0 Å². The van der Waals surface area contributed by atoms with E-state index in [-0.39, 0.29) is 6.04 Å². The van der Waals surface area contributed by atoms with Gasteiger partial charge in [-0.05, 0) is 26.1 Å². The highest BCUT2D eigenvalue weighted by Crippen LogP contribution is 2.17. The third kappa shape index (κ3) is 2.43. The van der Waals surface area contributed by atoms with Crippen LogP contribution in [0.15, 0.2) is 30.7 Å². The van der Waals surface area contributed by atoms with E-state index in [9.17, 15) is 8.78 Å². The van der Waals surface area contributed by atoms with Crippen molar-refractivity contribution < 1.29 is 8.78 Å². The zero-order valence-corrected chi connectivity index (χ0v) is 10.3. The summed E-state index contributed by atoms with van der Waals surface area (Å²) in [6, 6.07) is 4.03. The monoisotopic (exact) mass is 254 g/mol. The fraction of sp³-hybridized carbons (Fsp3) is 0.417. The number of imidazole rings is 1. The molecule has 2 aromatic heterocycles. The maximum absolute atomic E-state index is 12.7. The van der Waals surface area contributed by atoms with E-state index in [1.165, 1.54) is 12.4 Å². The molecule has 1 atom stereocenters. The second kappa shape index (κ2) is 5.30. The first-order valence-corrected chi connectivity index (χ1v) is 5.75. The van der Waals surface area contributed by atoms with Gasteiger partial charge in [0.25, 0.3) is 0 Å². The second-order valence-corrected chi connectivity index (χ2v) is 4.10. The first kappa shape index (κ1) is 12.8. The van der Waals surface area contributed by atoms with Gasteiger partial charge in [-0.3, -0.25) is 4.57 Å². The lowest BCUT2D eigenvalue weighted by molar-refractivity contribution is 0.0666. The van der Waals surface area contributed by atoms with Crippen molar-refractivity contribution in [2.45, 2.75) is 26.1 Å². The molecule has 0 aliphatic rings. The van der Waals surface area contributed by atoms with E-state index in [0.29, 0.717) is 12.4 Å². The summed E-state index contributed by atoms with van der Waals surface area (Å²) in [5.74, 6) is 0.353. The van der Waals surface area contributed by atoms with E-state index in [2.05, 4.69) is 10.3 Å². The summed E-state index contributed by atoms with van der Waals surface area (Å²) in [4.78, 5) is 3.98. The first-order chi connectivity index (χ1) is 8.63. The van der Waals surface area contributed by atoms with Crippen LogP contribution in [0.1, 0.15) is 31.0 Å². The highest BCUT2D eigenvalue weighted by molar-refractivity contribution is 5.13. The number of aromatic nitrogens is 3. The summed E-state index contributed by atoms with van der Waals surface area (Å²) < 4.78 is 28.2. The number of halogens is 2. The minimum Gasteiger partial charge on any atom is -0.342 e. The molecular weight excluding hydrogens is 238 g/mol. The summed E-state index contributed by atoms with van der Waals surface area (Å²) in [7, 11) is 1.86. The average Bonchev–Trinajstić information content (AvgIpc) is 2.97. The van der Waals surface area contributed by atoms with Gasteiger partial charge in [0.2, 0.25) is 0 Å². The zero-order valence-electron chi connectivity index (χ0n) is 10.3. The minimum absolute atomic E-state index is 0.162. The predicted molar refractivity (Wildman–Crippen MR) is 64.5 cm³/mol. The Hall–Kier alpha value is -1.69. The van der Waals surface area contributed by atoms with Crippen molar-refractivity contribution in [3.05, 3.63) is 42.2 Å². The van der Waals surface area contributed by atoms with Crippen molar-refractivity contribution in [1.29, 1.82) is 0 Å². The normalized spacial score (nSPS) is 13.2. The van der Waals surface area contributed by atoms with Crippen LogP contribution in [0.25, 0.3) is 0 Å². The number of hydrogen-bond donors (Lipinski definition) is 1. The first-order valence-electron chi connectivity index (χ1n) is 5.75. The Morgan fingerprint density at radius 1 is 1.39 bits per heavy atom. The largest absolute Gasteiger partial charge is 0.342 e. The Balaban J connectivity index is 2.24. The number of nitrogens with one attached hydrogen (secondary N) is 1. The SMILES string of the molecule is CNC(C)c1cccn1Cc1nccn1C(F)F. The van der Waals surface area contributed by atoms with E-state index in [0.717, 1.165) is 10.3 Å². The van der Waals surface area contributed by atoms with Crippen LogP contribution in [0.5, 0.6) is 0 Å². The lowest BCUT2D eigenvalue weighted by Crippen LogP contribution is -2.18. The van der Waals surface area contributed by atoms with Crippen molar-refractivity contribution in [3.63, 3.8) is 0 Å². The molecule has 0 aliphatic carbocycles. The van der Waals surface area contributed by atoms with Crippen LogP contribution in [-0.4, -0.2) is 21.2 Å². The third-order valence-corrected chi connectivity index (χ3v) is 3.01. The molecule has 1 N–H and O–H groups in total. The molecule has 2 aromatic rings. The minimum atomic E-state index is -2.55. The van der Waals surface area contributed by atoms with Crippen LogP contribution in [0.2, 0.25) is 0 Å². The van der Waals surface area contributed by atoms with Crippen molar-refractivity contribution in [1.82, 2.24) is 19.4 Å². The van der Waals surface area contributed by atoms with E-state index in [4.69, 9.17) is 0 Å². The summed E-state index contributed by atoms with van der Waals surface area (Å²) in [5, 5.41) is 3.13. The number of hydrogen-bond acceptors (Lipinski definition) is 2. The molecule has 0 aromatic carbocycles. The predicted octanol–water partition coefficient (Wildman–Crippen LogP) is 2.41. The molecule has 0 aliphatic heterocycles. The Kier molecular flexibility index (Phi) is 3.76. The van der Waals surface area contributed by atoms with E-state index in [1.54, 1.807) is 0 Å². The van der Waals surface area contributed by atoms with Crippen LogP contribution in [0.3, 0.4) is 0 Å². The molecule has 98 valence electrons. The highest BCUT2D eigenvalue weighted by Gasteiger charge is 2.14. The van der Waals surface area contributed by atoms with Gasteiger partial charge < -0.3 is 9.88 Å². The maximum Gasteiger partial charge on any atom is 0.319 e. The van der Waals surface area contributed by atoms with Crippen LogP contribution >= 0.6 is 0 Å². The van der Waals surface area contributed by atoms with Gasteiger partial charge in [0.15, 0.2) is 0 Å². The molecule has 0 fully saturated rings. The van der Waals surface area contributed by atoms with Crippen molar-refractivity contribution in [2.75, 3.05) is 7.05 Å². The second-order valence-electron chi connectivity index (χ2n) is 4.10. The summed E-state index contributed by atoms with van der Waals surface area (Å²) in [6.07, 6.45) is 4.56. The fourth-order valence-corrected chi connectivity index (χ4v) is 1.91. The van der Waals surface area contributed by atoms with Crippen molar-refractivity contribution in [3.8, 4) is 0 Å². The molecule has 18 heavy (non-hydrogen) atoms. The Bertz CT molecular complexity index is 504. The Morgan fingerprint density at radius 3 is 2.83 bits per heavy atom. The molecule has 2 heterocycles. The van der Waals surface area contributed by atoms with Gasteiger partial charge in [-0.2, -0.15) is 8.78 Å². The molecule has 6 heteroatoms. The molecule has 0 saturated heterocycles.